The summed E-state index contributed by atoms with van der Waals surface area (Å²) in [4.78, 5) is 6.66. The van der Waals surface area contributed by atoms with Gasteiger partial charge in [0.15, 0.2) is 0 Å². The Balaban J connectivity index is 2.52. The van der Waals surface area contributed by atoms with Gasteiger partial charge in [-0.2, -0.15) is 0 Å². The van der Waals surface area contributed by atoms with Crippen LogP contribution in [-0.4, -0.2) is 0 Å². The summed E-state index contributed by atoms with van der Waals surface area (Å²) in [5, 5.41) is 0. The van der Waals surface area contributed by atoms with Crippen LogP contribution in [0.2, 0.25) is 0 Å². The van der Waals surface area contributed by atoms with E-state index in [4.69, 9.17) is 11.8 Å². The van der Waals surface area contributed by atoms with Gasteiger partial charge in [-0.3, -0.25) is 4.84 Å². The Morgan fingerprint density at radius 2 is 2.00 bits per heavy atom. The minimum atomic E-state index is -0.257. The molecule has 0 saturated heterocycles. The molecule has 1 aromatic rings. The zero-order valence-electron chi connectivity index (χ0n) is 5.68. The molecule has 0 unspecified atom stereocenters. The van der Waals surface area contributed by atoms with Crippen molar-refractivity contribution in [1.82, 2.24) is 5.00 Å². The molecule has 0 spiro atoms. The van der Waals surface area contributed by atoms with Crippen molar-refractivity contribution in [2.45, 2.75) is 6.61 Å². The highest BCUT2D eigenvalue weighted by molar-refractivity contribution is 6.12. The van der Waals surface area contributed by atoms with Crippen molar-refractivity contribution in [2.75, 3.05) is 0 Å². The first kappa shape index (κ1) is 8.46. The molecule has 1 rings (SSSR count). The molecule has 0 saturated carbocycles. The molecule has 0 aliphatic carbocycles. The highest BCUT2D eigenvalue weighted by atomic mass is 35.5. The van der Waals surface area contributed by atoms with E-state index in [9.17, 15) is 4.39 Å². The Bertz CT molecular complexity index is 214. The van der Waals surface area contributed by atoms with E-state index in [1.165, 1.54) is 12.1 Å². The monoisotopic (exact) mass is 175 g/mol. The van der Waals surface area contributed by atoms with Crippen LogP contribution >= 0.6 is 11.8 Å². The van der Waals surface area contributed by atoms with E-state index in [-0.39, 0.29) is 5.82 Å². The van der Waals surface area contributed by atoms with Crippen molar-refractivity contribution in [3.05, 3.63) is 35.6 Å². The molecule has 2 nitrogen and oxygen atoms in total. The SMILES string of the molecule is Fc1ccc(CONCl)cc1. The summed E-state index contributed by atoms with van der Waals surface area (Å²) in [6.07, 6.45) is 0. The zero-order valence-corrected chi connectivity index (χ0v) is 6.44. The predicted octanol–water partition coefficient (Wildman–Crippen LogP) is 2.00. The lowest BCUT2D eigenvalue weighted by Crippen LogP contribution is -2.00. The lowest BCUT2D eigenvalue weighted by molar-refractivity contribution is 0.0817. The van der Waals surface area contributed by atoms with Crippen LogP contribution in [0.5, 0.6) is 0 Å². The first-order chi connectivity index (χ1) is 5.33. The quantitative estimate of drug-likeness (QED) is 0.561. The fourth-order valence-corrected chi connectivity index (χ4v) is 0.746. The van der Waals surface area contributed by atoms with Crippen LogP contribution in [0.1, 0.15) is 5.56 Å². The van der Waals surface area contributed by atoms with Crippen LogP contribution in [0.15, 0.2) is 24.3 Å². The highest BCUT2D eigenvalue weighted by Crippen LogP contribution is 2.03. The molecule has 1 N–H and O–H groups in total. The third-order valence-electron chi connectivity index (χ3n) is 1.21. The predicted molar refractivity (Wildman–Crippen MR) is 40.2 cm³/mol. The molecule has 1 aromatic carbocycles. The summed E-state index contributed by atoms with van der Waals surface area (Å²) < 4.78 is 12.3. The third kappa shape index (κ3) is 2.84. The van der Waals surface area contributed by atoms with Gasteiger partial charge in [-0.25, -0.2) is 4.39 Å². The molecular formula is C7H7ClFNO. The van der Waals surface area contributed by atoms with Gasteiger partial charge < -0.3 is 0 Å². The second kappa shape index (κ2) is 4.28. The van der Waals surface area contributed by atoms with Crippen LogP contribution in [0.4, 0.5) is 4.39 Å². The van der Waals surface area contributed by atoms with Gasteiger partial charge in [0, 0.05) is 11.8 Å². The standard InChI is InChI=1S/C7H7ClFNO/c8-10-11-5-6-1-3-7(9)4-2-6/h1-4,10H,5H2. The molecule has 0 amide bonds. The van der Waals surface area contributed by atoms with E-state index < -0.39 is 0 Å². The molecule has 4 heteroatoms. The Morgan fingerprint density at radius 1 is 1.36 bits per heavy atom. The lowest BCUT2D eigenvalue weighted by atomic mass is 10.2. The molecule has 11 heavy (non-hydrogen) atoms. The Hall–Kier alpha value is -0.640. The third-order valence-corrected chi connectivity index (χ3v) is 1.32. The average Bonchev–Trinajstić information content (AvgIpc) is 2.04. The van der Waals surface area contributed by atoms with Gasteiger partial charge in [0.25, 0.3) is 0 Å². The maximum Gasteiger partial charge on any atom is 0.123 e. The Morgan fingerprint density at radius 3 is 2.55 bits per heavy atom. The van der Waals surface area contributed by atoms with E-state index in [0.717, 1.165) is 5.56 Å². The molecule has 0 heterocycles. The van der Waals surface area contributed by atoms with Gasteiger partial charge in [0.1, 0.15) is 5.82 Å². The molecule has 0 bridgehead atoms. The van der Waals surface area contributed by atoms with Crippen molar-refractivity contribution in [2.24, 2.45) is 0 Å². The number of nitrogens with one attached hydrogen (secondary N) is 1. The maximum atomic E-state index is 12.3. The van der Waals surface area contributed by atoms with Gasteiger partial charge >= 0.3 is 0 Å². The minimum Gasteiger partial charge on any atom is -0.282 e. The van der Waals surface area contributed by atoms with Crippen molar-refractivity contribution in [3.63, 3.8) is 0 Å². The fourth-order valence-electron chi connectivity index (χ4n) is 0.691. The van der Waals surface area contributed by atoms with Crippen LogP contribution in [0.25, 0.3) is 0 Å². The summed E-state index contributed by atoms with van der Waals surface area (Å²) in [7, 11) is 0. The van der Waals surface area contributed by atoms with Gasteiger partial charge in [0.05, 0.1) is 6.61 Å². The number of rotatable bonds is 3. The fraction of sp³-hybridized carbons (Fsp3) is 0.143. The average molecular weight is 176 g/mol. The van der Waals surface area contributed by atoms with Crippen molar-refractivity contribution in [1.29, 1.82) is 0 Å². The van der Waals surface area contributed by atoms with Crippen molar-refractivity contribution in [3.8, 4) is 0 Å². The highest BCUT2D eigenvalue weighted by Gasteiger charge is 1.92. The van der Waals surface area contributed by atoms with E-state index in [1.54, 1.807) is 12.1 Å². The summed E-state index contributed by atoms with van der Waals surface area (Å²) in [6.45, 7) is 0.323. The minimum absolute atomic E-state index is 0.257. The van der Waals surface area contributed by atoms with Crippen molar-refractivity contribution >= 4 is 11.8 Å². The van der Waals surface area contributed by atoms with Crippen molar-refractivity contribution < 1.29 is 9.23 Å². The topological polar surface area (TPSA) is 21.3 Å². The first-order valence-corrected chi connectivity index (χ1v) is 3.42. The van der Waals surface area contributed by atoms with Gasteiger partial charge in [-0.15, -0.1) is 5.00 Å². The molecule has 0 aliphatic rings. The lowest BCUT2D eigenvalue weighted by Gasteiger charge is -1.98. The van der Waals surface area contributed by atoms with Crippen LogP contribution in [0, 0.1) is 5.82 Å². The molecule has 60 valence electrons. The van der Waals surface area contributed by atoms with Crippen LogP contribution < -0.4 is 5.00 Å². The molecule has 0 fully saturated rings. The normalized spacial score (nSPS) is 10.0. The summed E-state index contributed by atoms with van der Waals surface area (Å²) in [5.74, 6) is -0.257. The van der Waals surface area contributed by atoms with Gasteiger partial charge in [-0.1, -0.05) is 12.1 Å². The number of benzene rings is 1. The second-order valence-electron chi connectivity index (χ2n) is 1.99. The van der Waals surface area contributed by atoms with E-state index in [1.807, 2.05) is 5.00 Å². The second-order valence-corrected chi connectivity index (χ2v) is 2.15. The molecule has 0 aromatic heterocycles. The van der Waals surface area contributed by atoms with E-state index in [0.29, 0.717) is 6.61 Å². The van der Waals surface area contributed by atoms with Crippen LogP contribution in [0.3, 0.4) is 0 Å². The maximum absolute atomic E-state index is 12.3. The Labute approximate surface area is 69.0 Å². The largest absolute Gasteiger partial charge is 0.282 e. The molecule has 0 radical (unpaired) electrons. The van der Waals surface area contributed by atoms with Gasteiger partial charge in [0.2, 0.25) is 0 Å². The number of hydrogen-bond donors (Lipinski definition) is 1. The summed E-state index contributed by atoms with van der Waals surface area (Å²) in [5.41, 5.74) is 0.861. The molecular weight excluding hydrogens is 169 g/mol. The molecule has 0 aliphatic heterocycles. The van der Waals surface area contributed by atoms with E-state index >= 15 is 0 Å². The smallest absolute Gasteiger partial charge is 0.123 e. The zero-order chi connectivity index (χ0) is 8.10. The summed E-state index contributed by atoms with van der Waals surface area (Å²) >= 11 is 5.04. The Kier molecular flexibility index (Phi) is 3.29. The number of hydrogen-bond acceptors (Lipinski definition) is 2. The van der Waals surface area contributed by atoms with Crippen LogP contribution in [-0.2, 0) is 11.4 Å². The number of halogens is 2. The van der Waals surface area contributed by atoms with Gasteiger partial charge in [-0.05, 0) is 17.7 Å². The summed E-state index contributed by atoms with van der Waals surface area (Å²) in [6, 6.07) is 5.99. The molecule has 0 atom stereocenters. The van der Waals surface area contributed by atoms with E-state index in [2.05, 4.69) is 4.84 Å². The first-order valence-electron chi connectivity index (χ1n) is 3.05.